The summed E-state index contributed by atoms with van der Waals surface area (Å²) in [7, 11) is 3.32. The Balaban J connectivity index is 1.29. The third kappa shape index (κ3) is 5.86. The van der Waals surface area contributed by atoms with E-state index in [1.807, 2.05) is 48.5 Å². The maximum absolute atomic E-state index is 8.86. The zero-order valence-electron chi connectivity index (χ0n) is 16.8. The average Bonchev–Trinajstić information content (AvgIpc) is 2.85. The predicted octanol–water partition coefficient (Wildman–Crippen LogP) is 7.81. The van der Waals surface area contributed by atoms with E-state index in [4.69, 9.17) is 20.0 Å². The Labute approximate surface area is 194 Å². The van der Waals surface area contributed by atoms with Gasteiger partial charge in [0.15, 0.2) is 0 Å². The molecule has 4 aromatic carbocycles. The Morgan fingerprint density at radius 1 is 0.438 bits per heavy atom. The molecular formula is C26H16N2O2S2. The van der Waals surface area contributed by atoms with E-state index < -0.39 is 0 Å². The third-order valence-electron chi connectivity index (χ3n) is 4.32. The fourth-order valence-corrected chi connectivity index (χ4v) is 4.62. The molecule has 0 saturated carbocycles. The summed E-state index contributed by atoms with van der Waals surface area (Å²) in [6.45, 7) is 0. The van der Waals surface area contributed by atoms with Crippen molar-refractivity contribution < 1.29 is 9.47 Å². The Morgan fingerprint density at radius 3 is 1.00 bits per heavy atom. The van der Waals surface area contributed by atoms with E-state index >= 15 is 0 Å². The second-order valence-electron chi connectivity index (χ2n) is 6.59. The summed E-state index contributed by atoms with van der Waals surface area (Å²) in [6, 6.07) is 34.0. The van der Waals surface area contributed by atoms with Crippen molar-refractivity contribution in [1.29, 1.82) is 10.5 Å². The van der Waals surface area contributed by atoms with E-state index in [-0.39, 0.29) is 0 Å². The van der Waals surface area contributed by atoms with Gasteiger partial charge in [-0.15, -0.1) is 0 Å². The highest BCUT2D eigenvalue weighted by molar-refractivity contribution is 8.76. The van der Waals surface area contributed by atoms with Gasteiger partial charge in [-0.2, -0.15) is 10.5 Å². The van der Waals surface area contributed by atoms with Gasteiger partial charge in [0.05, 0.1) is 23.3 Å². The minimum absolute atomic E-state index is 0.606. The first-order valence-corrected chi connectivity index (χ1v) is 11.8. The summed E-state index contributed by atoms with van der Waals surface area (Å²) < 4.78 is 11.6. The van der Waals surface area contributed by atoms with Crippen LogP contribution in [-0.2, 0) is 0 Å². The molecule has 4 nitrogen and oxygen atoms in total. The minimum atomic E-state index is 0.606. The minimum Gasteiger partial charge on any atom is -0.457 e. The van der Waals surface area contributed by atoms with Crippen molar-refractivity contribution in [3.63, 3.8) is 0 Å². The second-order valence-corrected chi connectivity index (χ2v) is 8.86. The quantitative estimate of drug-likeness (QED) is 0.266. The molecule has 0 aromatic heterocycles. The van der Waals surface area contributed by atoms with Gasteiger partial charge in [0.2, 0.25) is 0 Å². The Kier molecular flexibility index (Phi) is 6.99. The molecule has 0 amide bonds. The van der Waals surface area contributed by atoms with Crippen molar-refractivity contribution >= 4 is 21.6 Å². The molecule has 32 heavy (non-hydrogen) atoms. The molecule has 0 radical (unpaired) electrons. The molecule has 0 bridgehead atoms. The first-order valence-electron chi connectivity index (χ1n) is 9.62. The Hall–Kier alpha value is -3.84. The van der Waals surface area contributed by atoms with E-state index in [1.54, 1.807) is 70.1 Å². The van der Waals surface area contributed by atoms with E-state index in [0.29, 0.717) is 22.6 Å². The number of ether oxygens (including phenoxy) is 2. The topological polar surface area (TPSA) is 66.0 Å². The first-order chi connectivity index (χ1) is 15.7. The van der Waals surface area contributed by atoms with Gasteiger partial charge in [0.25, 0.3) is 0 Å². The summed E-state index contributed by atoms with van der Waals surface area (Å²) in [5.74, 6) is 2.88. The van der Waals surface area contributed by atoms with E-state index in [9.17, 15) is 0 Å². The zero-order valence-corrected chi connectivity index (χ0v) is 18.4. The molecular weight excluding hydrogens is 436 g/mol. The third-order valence-corrected chi connectivity index (χ3v) is 6.74. The van der Waals surface area contributed by atoms with Crippen molar-refractivity contribution in [3.8, 4) is 35.1 Å². The fraction of sp³-hybridized carbons (Fsp3) is 0. The van der Waals surface area contributed by atoms with Gasteiger partial charge in [0.1, 0.15) is 23.0 Å². The number of rotatable bonds is 7. The molecule has 0 N–H and O–H groups in total. The second kappa shape index (κ2) is 10.5. The smallest absolute Gasteiger partial charge is 0.127 e. The largest absolute Gasteiger partial charge is 0.457 e. The monoisotopic (exact) mass is 452 g/mol. The fourth-order valence-electron chi connectivity index (χ4n) is 2.69. The van der Waals surface area contributed by atoms with E-state index in [2.05, 4.69) is 12.1 Å². The van der Waals surface area contributed by atoms with Crippen LogP contribution in [-0.4, -0.2) is 0 Å². The standard InChI is InChI=1S/C26H16N2O2S2/c27-17-19-1-5-21(6-2-19)29-23-9-13-25(14-10-23)31-32-26-15-11-24(12-16-26)30-22-7-3-20(18-28)4-8-22/h1-16H. The van der Waals surface area contributed by atoms with Crippen molar-refractivity contribution in [2.24, 2.45) is 0 Å². The SMILES string of the molecule is N#Cc1ccc(Oc2ccc(SSc3ccc(Oc4ccc(C#N)cc4)cc3)cc2)cc1. The highest BCUT2D eigenvalue weighted by Crippen LogP contribution is 2.39. The molecule has 0 heterocycles. The van der Waals surface area contributed by atoms with E-state index in [0.717, 1.165) is 21.3 Å². The molecule has 0 atom stereocenters. The molecule has 0 aliphatic carbocycles. The molecule has 0 aliphatic heterocycles. The van der Waals surface area contributed by atoms with Crippen molar-refractivity contribution in [2.75, 3.05) is 0 Å². The molecule has 0 fully saturated rings. The van der Waals surface area contributed by atoms with Gasteiger partial charge in [-0.3, -0.25) is 0 Å². The Morgan fingerprint density at radius 2 is 0.719 bits per heavy atom. The van der Waals surface area contributed by atoms with Gasteiger partial charge in [0, 0.05) is 9.79 Å². The molecule has 0 saturated heterocycles. The lowest BCUT2D eigenvalue weighted by atomic mass is 10.2. The number of hydrogen-bond donors (Lipinski definition) is 0. The lowest BCUT2D eigenvalue weighted by Gasteiger charge is -2.08. The molecule has 0 aliphatic rings. The van der Waals surface area contributed by atoms with Gasteiger partial charge < -0.3 is 9.47 Å². The molecule has 4 aromatic rings. The lowest BCUT2D eigenvalue weighted by molar-refractivity contribution is 0.482. The van der Waals surface area contributed by atoms with Crippen LogP contribution >= 0.6 is 21.6 Å². The number of benzene rings is 4. The van der Waals surface area contributed by atoms with Crippen molar-refractivity contribution in [3.05, 3.63) is 108 Å². The van der Waals surface area contributed by atoms with Gasteiger partial charge in [-0.1, -0.05) is 21.6 Å². The van der Waals surface area contributed by atoms with Crippen molar-refractivity contribution in [2.45, 2.75) is 9.79 Å². The normalized spacial score (nSPS) is 10.1. The van der Waals surface area contributed by atoms with Crippen LogP contribution in [0.25, 0.3) is 0 Å². The van der Waals surface area contributed by atoms with Gasteiger partial charge >= 0.3 is 0 Å². The van der Waals surface area contributed by atoms with E-state index in [1.165, 1.54) is 0 Å². The first kappa shape index (κ1) is 21.4. The molecule has 6 heteroatoms. The summed E-state index contributed by atoms with van der Waals surface area (Å²) in [4.78, 5) is 2.22. The summed E-state index contributed by atoms with van der Waals surface area (Å²) in [6.07, 6.45) is 0. The number of nitriles is 2. The van der Waals surface area contributed by atoms with Crippen LogP contribution in [0.4, 0.5) is 0 Å². The van der Waals surface area contributed by atoms with Crippen LogP contribution in [0.2, 0.25) is 0 Å². The van der Waals surface area contributed by atoms with Gasteiger partial charge in [-0.05, 0) is 97.1 Å². The predicted molar refractivity (Wildman–Crippen MR) is 127 cm³/mol. The average molecular weight is 453 g/mol. The van der Waals surface area contributed by atoms with Crippen LogP contribution < -0.4 is 9.47 Å². The zero-order chi connectivity index (χ0) is 22.2. The molecule has 4 rings (SSSR count). The Bertz CT molecular complexity index is 1150. The van der Waals surface area contributed by atoms with Crippen LogP contribution in [0, 0.1) is 22.7 Å². The number of nitrogens with zero attached hydrogens (tertiary/aromatic N) is 2. The van der Waals surface area contributed by atoms with Crippen LogP contribution in [0.5, 0.6) is 23.0 Å². The summed E-state index contributed by atoms with van der Waals surface area (Å²) in [5.41, 5.74) is 1.21. The summed E-state index contributed by atoms with van der Waals surface area (Å²) in [5, 5.41) is 17.7. The maximum Gasteiger partial charge on any atom is 0.127 e. The highest BCUT2D eigenvalue weighted by atomic mass is 33.1. The maximum atomic E-state index is 8.86. The number of hydrogen-bond acceptors (Lipinski definition) is 6. The van der Waals surface area contributed by atoms with Gasteiger partial charge in [-0.25, -0.2) is 0 Å². The van der Waals surface area contributed by atoms with Crippen LogP contribution in [0.3, 0.4) is 0 Å². The lowest BCUT2D eigenvalue weighted by Crippen LogP contribution is -1.84. The highest BCUT2D eigenvalue weighted by Gasteiger charge is 2.03. The molecule has 0 spiro atoms. The molecule has 154 valence electrons. The van der Waals surface area contributed by atoms with Crippen molar-refractivity contribution in [1.82, 2.24) is 0 Å². The molecule has 0 unspecified atom stereocenters. The van der Waals surface area contributed by atoms with Crippen LogP contribution in [0.15, 0.2) is 107 Å². The van der Waals surface area contributed by atoms with Crippen LogP contribution in [0.1, 0.15) is 11.1 Å². The summed E-state index contributed by atoms with van der Waals surface area (Å²) >= 11 is 0.